The minimum atomic E-state index is -0.132. The maximum absolute atomic E-state index is 12.5. The van der Waals surface area contributed by atoms with Gasteiger partial charge in [0.1, 0.15) is 0 Å². The van der Waals surface area contributed by atoms with Crippen LogP contribution >= 0.6 is 0 Å². The SMILES string of the molecule is COCCC1(C(=O)NC2CCCNC2C)CCC1. The summed E-state index contributed by atoms with van der Waals surface area (Å²) >= 11 is 0. The van der Waals surface area contributed by atoms with Crippen LogP contribution in [0.1, 0.15) is 45.4 Å². The molecule has 2 fully saturated rings. The summed E-state index contributed by atoms with van der Waals surface area (Å²) < 4.78 is 5.14. The summed E-state index contributed by atoms with van der Waals surface area (Å²) in [6.45, 7) is 3.92. The van der Waals surface area contributed by atoms with Crippen LogP contribution in [0.5, 0.6) is 0 Å². The van der Waals surface area contributed by atoms with E-state index in [4.69, 9.17) is 4.74 Å². The van der Waals surface area contributed by atoms with Gasteiger partial charge in [-0.15, -0.1) is 0 Å². The molecular formula is C14H26N2O2. The highest BCUT2D eigenvalue weighted by Gasteiger charge is 2.44. The number of ether oxygens (including phenoxy) is 1. The van der Waals surface area contributed by atoms with E-state index in [1.54, 1.807) is 7.11 Å². The van der Waals surface area contributed by atoms with E-state index >= 15 is 0 Å². The van der Waals surface area contributed by atoms with Crippen molar-refractivity contribution in [3.8, 4) is 0 Å². The Labute approximate surface area is 110 Å². The Bertz CT molecular complexity index is 290. The lowest BCUT2D eigenvalue weighted by Gasteiger charge is -2.42. The summed E-state index contributed by atoms with van der Waals surface area (Å²) in [5.41, 5.74) is -0.132. The lowest BCUT2D eigenvalue weighted by molar-refractivity contribution is -0.138. The molecule has 1 heterocycles. The van der Waals surface area contributed by atoms with Crippen molar-refractivity contribution in [2.24, 2.45) is 5.41 Å². The molecule has 2 aliphatic rings. The predicted molar refractivity (Wildman–Crippen MR) is 71.4 cm³/mol. The summed E-state index contributed by atoms with van der Waals surface area (Å²) in [6.07, 6.45) is 6.34. The first-order chi connectivity index (χ1) is 8.68. The lowest BCUT2D eigenvalue weighted by Crippen LogP contribution is -2.56. The maximum Gasteiger partial charge on any atom is 0.226 e. The number of nitrogens with one attached hydrogen (secondary N) is 2. The maximum atomic E-state index is 12.5. The van der Waals surface area contributed by atoms with Crippen LogP contribution in [0.3, 0.4) is 0 Å². The fourth-order valence-electron chi connectivity index (χ4n) is 3.05. The Balaban J connectivity index is 1.89. The van der Waals surface area contributed by atoms with Crippen LogP contribution in [0.4, 0.5) is 0 Å². The van der Waals surface area contributed by atoms with E-state index in [-0.39, 0.29) is 11.3 Å². The van der Waals surface area contributed by atoms with Gasteiger partial charge in [0.15, 0.2) is 0 Å². The summed E-state index contributed by atoms with van der Waals surface area (Å²) in [4.78, 5) is 12.5. The van der Waals surface area contributed by atoms with E-state index in [9.17, 15) is 4.79 Å². The minimum absolute atomic E-state index is 0.132. The third kappa shape index (κ3) is 2.86. The summed E-state index contributed by atoms with van der Waals surface area (Å²) in [5, 5.41) is 6.69. The van der Waals surface area contributed by atoms with Gasteiger partial charge in [-0.2, -0.15) is 0 Å². The van der Waals surface area contributed by atoms with E-state index in [1.165, 1.54) is 6.42 Å². The Kier molecular flexibility index (Phi) is 4.62. The van der Waals surface area contributed by atoms with Crippen molar-refractivity contribution in [2.45, 2.75) is 57.5 Å². The highest BCUT2D eigenvalue weighted by atomic mass is 16.5. The molecule has 1 aliphatic carbocycles. The zero-order valence-corrected chi connectivity index (χ0v) is 11.6. The molecule has 2 atom stereocenters. The number of carbonyl (C=O) groups excluding carboxylic acids is 1. The van der Waals surface area contributed by atoms with Gasteiger partial charge in [-0.05, 0) is 45.6 Å². The zero-order chi connectivity index (χ0) is 13.0. The third-order valence-electron chi connectivity index (χ3n) is 4.66. The third-order valence-corrected chi connectivity index (χ3v) is 4.66. The number of piperidine rings is 1. The average molecular weight is 254 g/mol. The topological polar surface area (TPSA) is 50.4 Å². The smallest absolute Gasteiger partial charge is 0.226 e. The van der Waals surface area contributed by atoms with Gasteiger partial charge in [-0.3, -0.25) is 4.79 Å². The summed E-state index contributed by atoms with van der Waals surface area (Å²) in [6, 6.07) is 0.688. The molecule has 0 spiro atoms. The molecule has 104 valence electrons. The molecule has 0 bridgehead atoms. The number of hydrogen-bond acceptors (Lipinski definition) is 3. The second-order valence-corrected chi connectivity index (χ2v) is 5.84. The molecule has 2 rings (SSSR count). The molecule has 4 heteroatoms. The fourth-order valence-corrected chi connectivity index (χ4v) is 3.05. The van der Waals surface area contributed by atoms with Crippen molar-refractivity contribution in [1.29, 1.82) is 0 Å². The van der Waals surface area contributed by atoms with Gasteiger partial charge in [0.05, 0.1) is 5.41 Å². The van der Waals surface area contributed by atoms with Gasteiger partial charge in [-0.25, -0.2) is 0 Å². The zero-order valence-electron chi connectivity index (χ0n) is 11.6. The largest absolute Gasteiger partial charge is 0.385 e. The summed E-state index contributed by atoms with van der Waals surface area (Å²) in [7, 11) is 1.71. The normalized spacial score (nSPS) is 30.6. The quantitative estimate of drug-likeness (QED) is 0.781. The van der Waals surface area contributed by atoms with Gasteiger partial charge in [-0.1, -0.05) is 6.42 Å². The molecule has 1 saturated heterocycles. The Morgan fingerprint density at radius 1 is 1.44 bits per heavy atom. The van der Waals surface area contributed by atoms with Crippen LogP contribution < -0.4 is 10.6 Å². The van der Waals surface area contributed by atoms with Crippen LogP contribution in [-0.4, -0.2) is 38.3 Å². The first-order valence-electron chi connectivity index (χ1n) is 7.21. The molecule has 0 aromatic heterocycles. The Morgan fingerprint density at radius 3 is 2.78 bits per heavy atom. The standard InChI is InChI=1S/C14H26N2O2/c1-11-12(5-3-9-15-11)16-13(17)14(6-4-7-14)8-10-18-2/h11-12,15H,3-10H2,1-2H3,(H,16,17). The fraction of sp³-hybridized carbons (Fsp3) is 0.929. The molecule has 2 unspecified atom stereocenters. The Hall–Kier alpha value is -0.610. The first-order valence-corrected chi connectivity index (χ1v) is 7.21. The van der Waals surface area contributed by atoms with Gasteiger partial charge in [0, 0.05) is 25.8 Å². The average Bonchev–Trinajstić information content (AvgIpc) is 2.31. The van der Waals surface area contributed by atoms with Crippen molar-refractivity contribution in [2.75, 3.05) is 20.3 Å². The minimum Gasteiger partial charge on any atom is -0.385 e. The molecule has 0 radical (unpaired) electrons. The van der Waals surface area contributed by atoms with E-state index in [2.05, 4.69) is 17.6 Å². The van der Waals surface area contributed by atoms with Gasteiger partial charge >= 0.3 is 0 Å². The van der Waals surface area contributed by atoms with Gasteiger partial charge in [0.2, 0.25) is 5.91 Å². The van der Waals surface area contributed by atoms with Crippen molar-refractivity contribution in [1.82, 2.24) is 10.6 Å². The Morgan fingerprint density at radius 2 is 2.22 bits per heavy atom. The van der Waals surface area contributed by atoms with Crippen molar-refractivity contribution >= 4 is 5.91 Å². The molecular weight excluding hydrogens is 228 g/mol. The van der Waals surface area contributed by atoms with E-state index in [1.807, 2.05) is 0 Å². The van der Waals surface area contributed by atoms with Crippen molar-refractivity contribution in [3.63, 3.8) is 0 Å². The van der Waals surface area contributed by atoms with Crippen LogP contribution in [0.25, 0.3) is 0 Å². The van der Waals surface area contributed by atoms with Crippen molar-refractivity contribution in [3.05, 3.63) is 0 Å². The number of hydrogen-bond donors (Lipinski definition) is 2. The molecule has 1 saturated carbocycles. The molecule has 4 nitrogen and oxygen atoms in total. The van der Waals surface area contributed by atoms with E-state index < -0.39 is 0 Å². The van der Waals surface area contributed by atoms with Gasteiger partial charge in [0.25, 0.3) is 0 Å². The van der Waals surface area contributed by atoms with Crippen LogP contribution in [0.15, 0.2) is 0 Å². The number of carbonyl (C=O) groups is 1. The predicted octanol–water partition coefficient (Wildman–Crippen LogP) is 1.45. The molecule has 0 aromatic rings. The highest BCUT2D eigenvalue weighted by Crippen LogP contribution is 2.44. The lowest BCUT2D eigenvalue weighted by atomic mass is 9.66. The molecule has 2 N–H and O–H groups in total. The summed E-state index contributed by atoms with van der Waals surface area (Å²) in [5.74, 6) is 0.256. The van der Waals surface area contributed by atoms with Crippen LogP contribution in [0.2, 0.25) is 0 Å². The second kappa shape index (κ2) is 6.02. The molecule has 18 heavy (non-hydrogen) atoms. The number of rotatable bonds is 5. The first kappa shape index (κ1) is 13.8. The van der Waals surface area contributed by atoms with E-state index in [0.717, 1.165) is 38.6 Å². The monoisotopic (exact) mass is 254 g/mol. The molecule has 1 aliphatic heterocycles. The van der Waals surface area contributed by atoms with Crippen LogP contribution in [0, 0.1) is 5.41 Å². The van der Waals surface area contributed by atoms with Gasteiger partial charge < -0.3 is 15.4 Å². The van der Waals surface area contributed by atoms with Crippen molar-refractivity contribution < 1.29 is 9.53 Å². The van der Waals surface area contributed by atoms with E-state index in [0.29, 0.717) is 18.7 Å². The number of amides is 1. The molecule has 1 amide bonds. The highest BCUT2D eigenvalue weighted by molar-refractivity contribution is 5.83. The van der Waals surface area contributed by atoms with Crippen LogP contribution in [-0.2, 0) is 9.53 Å². The second-order valence-electron chi connectivity index (χ2n) is 5.84. The molecule has 0 aromatic carbocycles. The number of methoxy groups -OCH3 is 1.